The minimum atomic E-state index is 0.707. The van der Waals surface area contributed by atoms with Crippen LogP contribution in [0.15, 0.2) is 0 Å². The number of rotatable bonds is 6. The van der Waals surface area contributed by atoms with Gasteiger partial charge in [0.1, 0.15) is 0 Å². The Morgan fingerprint density at radius 2 is 1.91 bits per heavy atom. The molecule has 0 aromatic heterocycles. The van der Waals surface area contributed by atoms with Gasteiger partial charge in [-0.3, -0.25) is 0 Å². The molecule has 0 spiro atoms. The summed E-state index contributed by atoms with van der Waals surface area (Å²) in [4.78, 5) is 0. The van der Waals surface area contributed by atoms with E-state index >= 15 is 0 Å². The van der Waals surface area contributed by atoms with Crippen molar-refractivity contribution in [2.45, 2.75) is 33.2 Å². The van der Waals surface area contributed by atoms with E-state index in [0.29, 0.717) is 6.04 Å². The predicted molar refractivity (Wildman–Crippen MR) is 55.3 cm³/mol. The molecule has 0 aromatic rings. The van der Waals surface area contributed by atoms with Crippen LogP contribution in [-0.2, 0) is 0 Å². The summed E-state index contributed by atoms with van der Waals surface area (Å²) >= 11 is 2.06. The van der Waals surface area contributed by atoms with Crippen LogP contribution < -0.4 is 5.32 Å². The highest BCUT2D eigenvalue weighted by Gasteiger charge is 2.02. The van der Waals surface area contributed by atoms with Crippen LogP contribution in [0.3, 0.4) is 0 Å². The quantitative estimate of drug-likeness (QED) is 0.665. The van der Waals surface area contributed by atoms with E-state index in [-0.39, 0.29) is 0 Å². The smallest absolute Gasteiger partial charge is 0.0152 e. The number of hydrogen-bond acceptors (Lipinski definition) is 2. The number of thioether (sulfide) groups is 1. The largest absolute Gasteiger partial charge is 0.316 e. The third-order valence-electron chi connectivity index (χ3n) is 1.67. The van der Waals surface area contributed by atoms with Gasteiger partial charge in [-0.05, 0) is 25.1 Å². The van der Waals surface area contributed by atoms with Crippen LogP contribution in [0.5, 0.6) is 0 Å². The van der Waals surface area contributed by atoms with Crippen LogP contribution in [0.25, 0.3) is 0 Å². The fourth-order valence-electron chi connectivity index (χ4n) is 0.851. The molecule has 0 aliphatic rings. The van der Waals surface area contributed by atoms with Crippen molar-refractivity contribution in [3.8, 4) is 0 Å². The van der Waals surface area contributed by atoms with Crippen molar-refractivity contribution < 1.29 is 0 Å². The van der Waals surface area contributed by atoms with Crippen LogP contribution in [0.2, 0.25) is 0 Å². The molecule has 0 radical (unpaired) electrons. The van der Waals surface area contributed by atoms with Crippen molar-refractivity contribution in [3.05, 3.63) is 0 Å². The van der Waals surface area contributed by atoms with E-state index in [0.717, 1.165) is 5.92 Å². The van der Waals surface area contributed by atoms with Gasteiger partial charge in [0.15, 0.2) is 0 Å². The van der Waals surface area contributed by atoms with Gasteiger partial charge in [-0.1, -0.05) is 20.8 Å². The van der Waals surface area contributed by atoms with E-state index in [9.17, 15) is 0 Å². The molecular weight excluding hydrogens is 154 g/mol. The lowest BCUT2D eigenvalue weighted by molar-refractivity contribution is 0.600. The van der Waals surface area contributed by atoms with Crippen LogP contribution in [0, 0.1) is 5.92 Å². The van der Waals surface area contributed by atoms with Crippen molar-refractivity contribution in [3.63, 3.8) is 0 Å². The maximum absolute atomic E-state index is 3.30. The van der Waals surface area contributed by atoms with Crippen LogP contribution in [0.4, 0.5) is 0 Å². The molecule has 2 heteroatoms. The van der Waals surface area contributed by atoms with Gasteiger partial charge in [0.2, 0.25) is 0 Å². The highest BCUT2D eigenvalue weighted by Crippen LogP contribution is 2.09. The summed E-state index contributed by atoms with van der Waals surface area (Å²) in [5.41, 5.74) is 0. The Hall–Kier alpha value is 0.310. The first-order chi connectivity index (χ1) is 5.20. The third kappa shape index (κ3) is 6.70. The van der Waals surface area contributed by atoms with Crippen molar-refractivity contribution >= 4 is 11.8 Å². The molecule has 11 heavy (non-hydrogen) atoms. The average molecular weight is 175 g/mol. The van der Waals surface area contributed by atoms with Gasteiger partial charge in [0.25, 0.3) is 0 Å². The van der Waals surface area contributed by atoms with Gasteiger partial charge in [0, 0.05) is 11.8 Å². The fourth-order valence-corrected chi connectivity index (χ4v) is 2.15. The molecular formula is C9H21NS. The molecule has 1 unspecified atom stereocenters. The lowest BCUT2D eigenvalue weighted by atomic mass is 10.3. The van der Waals surface area contributed by atoms with E-state index < -0.39 is 0 Å². The molecule has 0 saturated carbocycles. The van der Waals surface area contributed by atoms with Crippen molar-refractivity contribution in [2.24, 2.45) is 5.92 Å². The monoisotopic (exact) mass is 175 g/mol. The van der Waals surface area contributed by atoms with E-state index in [2.05, 4.69) is 37.8 Å². The summed E-state index contributed by atoms with van der Waals surface area (Å²) in [6.45, 7) is 6.78. The third-order valence-corrected chi connectivity index (χ3v) is 3.21. The first-order valence-corrected chi connectivity index (χ1v) is 5.61. The summed E-state index contributed by atoms with van der Waals surface area (Å²) in [7, 11) is 2.05. The van der Waals surface area contributed by atoms with Gasteiger partial charge in [0.05, 0.1) is 0 Å². The highest BCUT2D eigenvalue weighted by atomic mass is 32.2. The molecule has 0 bridgehead atoms. The fraction of sp³-hybridized carbons (Fsp3) is 1.00. The SMILES string of the molecule is CCC(CSCC(C)C)NC. The van der Waals surface area contributed by atoms with Crippen molar-refractivity contribution in [1.29, 1.82) is 0 Å². The molecule has 0 aliphatic carbocycles. The zero-order chi connectivity index (χ0) is 8.69. The van der Waals surface area contributed by atoms with E-state index in [1.807, 2.05) is 7.05 Å². The molecule has 0 aromatic carbocycles. The van der Waals surface area contributed by atoms with E-state index in [1.165, 1.54) is 17.9 Å². The van der Waals surface area contributed by atoms with Gasteiger partial charge < -0.3 is 5.32 Å². The van der Waals surface area contributed by atoms with E-state index in [1.54, 1.807) is 0 Å². The normalized spacial score (nSPS) is 13.9. The van der Waals surface area contributed by atoms with Gasteiger partial charge in [-0.15, -0.1) is 0 Å². The Kier molecular flexibility index (Phi) is 7.18. The topological polar surface area (TPSA) is 12.0 Å². The lowest BCUT2D eigenvalue weighted by Crippen LogP contribution is -2.26. The second-order valence-electron chi connectivity index (χ2n) is 3.33. The summed E-state index contributed by atoms with van der Waals surface area (Å²) < 4.78 is 0. The Morgan fingerprint density at radius 1 is 1.27 bits per heavy atom. The minimum Gasteiger partial charge on any atom is -0.316 e. The molecule has 0 amide bonds. The molecule has 0 aliphatic heterocycles. The van der Waals surface area contributed by atoms with Crippen LogP contribution in [0.1, 0.15) is 27.2 Å². The van der Waals surface area contributed by atoms with Gasteiger partial charge >= 0.3 is 0 Å². The number of hydrogen-bond donors (Lipinski definition) is 1. The summed E-state index contributed by atoms with van der Waals surface area (Å²) in [6, 6.07) is 0.707. The summed E-state index contributed by atoms with van der Waals surface area (Å²) in [5.74, 6) is 3.37. The maximum Gasteiger partial charge on any atom is 0.0152 e. The zero-order valence-electron chi connectivity index (χ0n) is 8.18. The first-order valence-electron chi connectivity index (χ1n) is 4.45. The second-order valence-corrected chi connectivity index (χ2v) is 4.40. The molecule has 68 valence electrons. The zero-order valence-corrected chi connectivity index (χ0v) is 9.00. The molecule has 0 saturated heterocycles. The molecule has 1 N–H and O–H groups in total. The Morgan fingerprint density at radius 3 is 2.27 bits per heavy atom. The maximum atomic E-state index is 3.30. The standard InChI is InChI=1S/C9H21NS/c1-5-9(10-4)7-11-6-8(2)3/h8-10H,5-7H2,1-4H3. The van der Waals surface area contributed by atoms with Crippen LogP contribution >= 0.6 is 11.8 Å². The Bertz CT molecular complexity index is 79.6. The first kappa shape index (κ1) is 11.3. The minimum absolute atomic E-state index is 0.707. The highest BCUT2D eigenvalue weighted by molar-refractivity contribution is 7.99. The molecule has 0 rings (SSSR count). The Balaban J connectivity index is 3.21. The van der Waals surface area contributed by atoms with Crippen molar-refractivity contribution in [1.82, 2.24) is 5.32 Å². The summed E-state index contributed by atoms with van der Waals surface area (Å²) in [6.07, 6.45) is 1.24. The number of nitrogens with one attached hydrogen (secondary N) is 1. The molecule has 1 nitrogen and oxygen atoms in total. The average Bonchev–Trinajstić information content (AvgIpc) is 1.98. The molecule has 0 heterocycles. The van der Waals surface area contributed by atoms with E-state index in [4.69, 9.17) is 0 Å². The summed E-state index contributed by atoms with van der Waals surface area (Å²) in [5, 5.41) is 3.30. The predicted octanol–water partition coefficient (Wildman–Crippen LogP) is 2.37. The lowest BCUT2D eigenvalue weighted by Gasteiger charge is -2.13. The molecule has 1 atom stereocenters. The second kappa shape index (κ2) is 6.99. The molecule has 0 fully saturated rings. The van der Waals surface area contributed by atoms with Crippen molar-refractivity contribution in [2.75, 3.05) is 18.6 Å². The Labute approximate surface area is 75.3 Å². The van der Waals surface area contributed by atoms with Gasteiger partial charge in [-0.25, -0.2) is 0 Å². The van der Waals surface area contributed by atoms with Gasteiger partial charge in [-0.2, -0.15) is 11.8 Å². The van der Waals surface area contributed by atoms with Crippen LogP contribution in [-0.4, -0.2) is 24.6 Å².